The van der Waals surface area contributed by atoms with E-state index >= 15 is 0 Å². The van der Waals surface area contributed by atoms with E-state index in [1.165, 1.54) is 23.5 Å². The molecule has 4 aromatic carbocycles. The van der Waals surface area contributed by atoms with Gasteiger partial charge in [0.05, 0.1) is 32.5 Å². The summed E-state index contributed by atoms with van der Waals surface area (Å²) in [4.78, 5) is 33.3. The second kappa shape index (κ2) is 13.7. The van der Waals surface area contributed by atoms with E-state index in [1.807, 2.05) is 54.6 Å². The largest absolute Gasteiger partial charge is 0.497 e. The van der Waals surface area contributed by atoms with Crippen LogP contribution in [0.25, 0.3) is 6.08 Å². The molecule has 0 bridgehead atoms. The van der Waals surface area contributed by atoms with Gasteiger partial charge in [-0.3, -0.25) is 14.2 Å². The quantitative estimate of drug-likeness (QED) is 0.172. The Kier molecular flexibility index (Phi) is 9.52. The molecular weight excluding hydrogens is 784 g/mol. The number of fused-ring (bicyclic) bond motifs is 1. The van der Waals surface area contributed by atoms with Gasteiger partial charge in [-0.25, -0.2) is 9.38 Å². The lowest BCUT2D eigenvalue weighted by Gasteiger charge is -2.25. The van der Waals surface area contributed by atoms with Crippen LogP contribution in [0.4, 0.5) is 10.1 Å². The van der Waals surface area contributed by atoms with Crippen LogP contribution in [0, 0.1) is 9.39 Å². The molecule has 2 heterocycles. The Balaban J connectivity index is 1.47. The molecule has 1 aromatic heterocycles. The highest BCUT2D eigenvalue weighted by Crippen LogP contribution is 2.33. The molecule has 1 amide bonds. The minimum absolute atomic E-state index is 0.217. The Morgan fingerprint density at radius 3 is 2.59 bits per heavy atom. The van der Waals surface area contributed by atoms with Crippen LogP contribution in [-0.4, -0.2) is 17.6 Å². The molecule has 7 nitrogen and oxygen atoms in total. The number of halogens is 3. The van der Waals surface area contributed by atoms with Gasteiger partial charge in [0.15, 0.2) is 4.80 Å². The Hall–Kier alpha value is -4.07. The van der Waals surface area contributed by atoms with E-state index in [9.17, 15) is 14.0 Å². The normalized spacial score (nSPS) is 14.5. The molecule has 6 rings (SSSR count). The first kappa shape index (κ1) is 31.9. The summed E-state index contributed by atoms with van der Waals surface area (Å²) in [5.74, 6) is 0.514. The van der Waals surface area contributed by atoms with E-state index in [-0.39, 0.29) is 23.9 Å². The van der Waals surface area contributed by atoms with Crippen LogP contribution in [0.3, 0.4) is 0 Å². The first-order valence-corrected chi connectivity index (χ1v) is 16.8. The van der Waals surface area contributed by atoms with E-state index in [2.05, 4.69) is 43.8 Å². The van der Waals surface area contributed by atoms with Gasteiger partial charge < -0.3 is 14.8 Å². The third-order valence-electron chi connectivity index (χ3n) is 7.33. The minimum atomic E-state index is -0.756. The highest BCUT2D eigenvalue weighted by atomic mass is 127. The van der Waals surface area contributed by atoms with Crippen LogP contribution in [-0.2, 0) is 11.4 Å². The molecule has 1 aliphatic rings. The van der Waals surface area contributed by atoms with Gasteiger partial charge in [-0.15, -0.1) is 0 Å². The molecule has 0 fully saturated rings. The zero-order valence-corrected chi connectivity index (χ0v) is 29.2. The fraction of sp³-hybridized carbons (Fsp3) is 0.114. The van der Waals surface area contributed by atoms with E-state index in [4.69, 9.17) is 14.5 Å². The van der Waals surface area contributed by atoms with Crippen LogP contribution in [0.2, 0.25) is 0 Å². The number of hydrogen-bond acceptors (Lipinski definition) is 6. The van der Waals surface area contributed by atoms with Crippen molar-refractivity contribution in [2.24, 2.45) is 4.99 Å². The van der Waals surface area contributed by atoms with E-state index in [0.29, 0.717) is 48.9 Å². The lowest BCUT2D eigenvalue weighted by atomic mass is 9.95. The summed E-state index contributed by atoms with van der Waals surface area (Å²) in [6.07, 6.45) is 1.78. The predicted molar refractivity (Wildman–Crippen MR) is 189 cm³/mol. The Morgan fingerprint density at radius 2 is 1.85 bits per heavy atom. The Morgan fingerprint density at radius 1 is 1.09 bits per heavy atom. The van der Waals surface area contributed by atoms with Crippen molar-refractivity contribution in [1.82, 2.24) is 4.57 Å². The monoisotopic (exact) mass is 809 g/mol. The van der Waals surface area contributed by atoms with Gasteiger partial charge in [0.25, 0.3) is 11.5 Å². The van der Waals surface area contributed by atoms with Crippen molar-refractivity contribution in [1.29, 1.82) is 0 Å². The summed E-state index contributed by atoms with van der Waals surface area (Å²) in [5.41, 5.74) is 3.40. The Bertz CT molecular complexity index is 2170. The number of hydrogen-bond donors (Lipinski definition) is 1. The molecule has 0 radical (unpaired) electrons. The number of rotatable bonds is 8. The SMILES string of the molecule is COc1cccc([C@@H]2C(C(=O)Nc3ccccc3)=C(C)N=c3s/c(=C\c4cc(Br)cc(I)c4OCc4ccc(F)cc4)c(=O)n32)c1. The van der Waals surface area contributed by atoms with Crippen LogP contribution in [0.15, 0.2) is 117 Å². The maximum atomic E-state index is 14.3. The van der Waals surface area contributed by atoms with Crippen LogP contribution in [0.1, 0.15) is 29.7 Å². The van der Waals surface area contributed by atoms with Gasteiger partial charge in [0.1, 0.15) is 23.9 Å². The number of methoxy groups -OCH3 is 1. The first-order chi connectivity index (χ1) is 22.2. The van der Waals surface area contributed by atoms with E-state index in [0.717, 1.165) is 13.6 Å². The molecule has 232 valence electrons. The summed E-state index contributed by atoms with van der Waals surface area (Å²) in [6.45, 7) is 2.00. The fourth-order valence-corrected chi connectivity index (χ4v) is 7.92. The number of anilines is 1. The summed E-state index contributed by atoms with van der Waals surface area (Å²) < 4.78 is 28.8. The third-order valence-corrected chi connectivity index (χ3v) is 9.57. The van der Waals surface area contributed by atoms with Crippen molar-refractivity contribution < 1.29 is 18.7 Å². The van der Waals surface area contributed by atoms with E-state index < -0.39 is 6.04 Å². The van der Waals surface area contributed by atoms with Gasteiger partial charge in [0, 0.05) is 15.7 Å². The number of para-hydroxylation sites is 1. The van der Waals surface area contributed by atoms with Gasteiger partial charge in [0.2, 0.25) is 0 Å². The summed E-state index contributed by atoms with van der Waals surface area (Å²) >= 11 is 7.00. The van der Waals surface area contributed by atoms with Gasteiger partial charge in [-0.2, -0.15) is 0 Å². The molecule has 1 N–H and O–H groups in total. The number of amides is 1. The van der Waals surface area contributed by atoms with Crippen LogP contribution < -0.4 is 29.7 Å². The zero-order valence-electron chi connectivity index (χ0n) is 24.6. The highest BCUT2D eigenvalue weighted by Gasteiger charge is 2.33. The Labute approximate surface area is 290 Å². The van der Waals surface area contributed by atoms with Crippen LogP contribution in [0.5, 0.6) is 11.5 Å². The summed E-state index contributed by atoms with van der Waals surface area (Å²) in [7, 11) is 1.57. The molecule has 0 saturated heterocycles. The van der Waals surface area contributed by atoms with Gasteiger partial charge in [-0.1, -0.05) is 69.7 Å². The molecule has 0 saturated carbocycles. The molecule has 11 heteroatoms. The number of nitrogens with one attached hydrogen (secondary N) is 1. The number of allylic oxidation sites excluding steroid dienone is 1. The summed E-state index contributed by atoms with van der Waals surface area (Å²) in [5, 5.41) is 2.97. The lowest BCUT2D eigenvalue weighted by Crippen LogP contribution is -2.40. The van der Waals surface area contributed by atoms with Crippen molar-refractivity contribution in [2.45, 2.75) is 19.6 Å². The number of carbonyl (C=O) groups excluding carboxylic acids is 1. The number of benzene rings is 4. The predicted octanol–water partition coefficient (Wildman–Crippen LogP) is 6.97. The number of carbonyl (C=O) groups is 1. The van der Waals surface area contributed by atoms with Crippen LogP contribution >= 0.6 is 49.9 Å². The van der Waals surface area contributed by atoms with Gasteiger partial charge in [-0.05, 0) is 95.2 Å². The highest BCUT2D eigenvalue weighted by molar-refractivity contribution is 14.1. The molecule has 0 spiro atoms. The third kappa shape index (κ3) is 6.72. The number of nitrogens with zero attached hydrogens (tertiary/aromatic N) is 2. The smallest absolute Gasteiger partial charge is 0.271 e. The maximum Gasteiger partial charge on any atom is 0.271 e. The molecule has 0 unspecified atom stereocenters. The van der Waals surface area contributed by atoms with Gasteiger partial charge >= 0.3 is 0 Å². The van der Waals surface area contributed by atoms with E-state index in [1.54, 1.807) is 48.9 Å². The van der Waals surface area contributed by atoms with Crippen molar-refractivity contribution in [3.63, 3.8) is 0 Å². The zero-order chi connectivity index (χ0) is 32.4. The topological polar surface area (TPSA) is 81.9 Å². The lowest BCUT2D eigenvalue weighted by molar-refractivity contribution is -0.113. The molecule has 5 aromatic rings. The average molecular weight is 810 g/mol. The molecule has 1 aliphatic heterocycles. The minimum Gasteiger partial charge on any atom is -0.497 e. The number of aromatic nitrogens is 1. The number of ether oxygens (including phenoxy) is 2. The fourth-order valence-electron chi connectivity index (χ4n) is 5.18. The standard InChI is InChI=1S/C35H26BrFIN3O4S/c1-20-30(33(42)40-26-8-4-3-5-9-26)31(22-7-6-10-27(16-22)44-2)41-34(43)29(46-35(41)39-20)17-23-15-24(36)18-28(38)32(23)45-19-21-11-13-25(37)14-12-21/h3-18,31H,19H2,1-2H3,(H,40,42)/b29-17-/t31-/m1/s1. The second-order valence-corrected chi connectivity index (χ2v) is 13.5. The molecule has 1 atom stereocenters. The molecular formula is C35H26BrFIN3O4S. The van der Waals surface area contributed by atoms with Crippen molar-refractivity contribution in [3.05, 3.63) is 153 Å². The van der Waals surface area contributed by atoms with Crippen molar-refractivity contribution in [3.8, 4) is 11.5 Å². The average Bonchev–Trinajstić information content (AvgIpc) is 3.34. The second-order valence-electron chi connectivity index (χ2n) is 10.4. The molecule has 46 heavy (non-hydrogen) atoms. The summed E-state index contributed by atoms with van der Waals surface area (Å²) in [6, 6.07) is 25.7. The van der Waals surface area contributed by atoms with Crippen molar-refractivity contribution >= 4 is 67.5 Å². The first-order valence-electron chi connectivity index (χ1n) is 14.1. The number of thiazole rings is 1. The van der Waals surface area contributed by atoms with Crippen molar-refractivity contribution in [2.75, 3.05) is 12.4 Å². The molecule has 0 aliphatic carbocycles. The maximum absolute atomic E-state index is 14.3.